The number of nitrogens with one attached hydrogen (secondary N) is 1. The molecule has 2 aromatic rings. The van der Waals surface area contributed by atoms with Gasteiger partial charge in [-0.25, -0.2) is 4.79 Å². The van der Waals surface area contributed by atoms with Crippen LogP contribution in [0.3, 0.4) is 0 Å². The van der Waals surface area contributed by atoms with Crippen molar-refractivity contribution in [3.8, 4) is 0 Å². The summed E-state index contributed by atoms with van der Waals surface area (Å²) in [5.74, 6) is -0.919. The van der Waals surface area contributed by atoms with Gasteiger partial charge in [0.1, 0.15) is 12.6 Å². The van der Waals surface area contributed by atoms with E-state index in [4.69, 9.17) is 16.3 Å². The largest absolute Gasteiger partial charge is 0.460 e. The van der Waals surface area contributed by atoms with Gasteiger partial charge in [-0.3, -0.25) is 4.79 Å². The molecule has 0 saturated carbocycles. The fraction of sp³-hybridized carbons (Fsp3) is 0.158. The number of benzene rings is 2. The number of rotatable bonds is 6. The Kier molecular flexibility index (Phi) is 6.58. The topological polar surface area (TPSA) is 55.4 Å². The van der Waals surface area contributed by atoms with Crippen LogP contribution in [0.4, 0.5) is 0 Å². The molecular formula is C19H18ClNO3. The second kappa shape index (κ2) is 8.89. The molecule has 0 spiro atoms. The second-order valence-corrected chi connectivity index (χ2v) is 5.53. The third-order valence-corrected chi connectivity index (χ3v) is 3.58. The van der Waals surface area contributed by atoms with Gasteiger partial charge >= 0.3 is 5.97 Å². The minimum atomic E-state index is -0.765. The zero-order valence-electron chi connectivity index (χ0n) is 13.2. The lowest BCUT2D eigenvalue weighted by Gasteiger charge is -2.13. The Balaban J connectivity index is 1.81. The number of esters is 1. The molecular weight excluding hydrogens is 326 g/mol. The number of ether oxygens (including phenoxy) is 1. The summed E-state index contributed by atoms with van der Waals surface area (Å²) in [5.41, 5.74) is 1.34. The van der Waals surface area contributed by atoms with Crippen LogP contribution in [0.25, 0.3) is 6.08 Å². The van der Waals surface area contributed by atoms with E-state index in [-0.39, 0.29) is 6.61 Å². The molecule has 2 aromatic carbocycles. The smallest absolute Gasteiger partial charge is 0.328 e. The molecule has 5 heteroatoms. The zero-order chi connectivity index (χ0) is 17.4. The molecule has 0 bridgehead atoms. The van der Waals surface area contributed by atoms with Gasteiger partial charge < -0.3 is 10.1 Å². The Hall–Kier alpha value is -2.59. The minimum absolute atomic E-state index is 0.139. The SMILES string of the molecule is CC(NC(=O)c1ccccc1Cl)C(=O)OCC=Cc1ccccc1. The second-order valence-electron chi connectivity index (χ2n) is 5.12. The Morgan fingerprint density at radius 1 is 1.12 bits per heavy atom. The molecule has 0 fully saturated rings. The molecule has 0 aliphatic rings. The van der Waals surface area contributed by atoms with Crippen molar-refractivity contribution in [2.45, 2.75) is 13.0 Å². The van der Waals surface area contributed by atoms with Gasteiger partial charge in [-0.2, -0.15) is 0 Å². The maximum Gasteiger partial charge on any atom is 0.328 e. The van der Waals surface area contributed by atoms with E-state index in [1.165, 1.54) is 0 Å². The van der Waals surface area contributed by atoms with Crippen LogP contribution in [0.5, 0.6) is 0 Å². The summed E-state index contributed by atoms with van der Waals surface area (Å²) in [4.78, 5) is 24.0. The molecule has 1 N–H and O–H groups in total. The molecule has 0 aliphatic carbocycles. The molecule has 24 heavy (non-hydrogen) atoms. The molecule has 2 rings (SSSR count). The quantitative estimate of drug-likeness (QED) is 0.813. The highest BCUT2D eigenvalue weighted by atomic mass is 35.5. The average Bonchev–Trinajstić information content (AvgIpc) is 2.59. The summed E-state index contributed by atoms with van der Waals surface area (Å²) in [7, 11) is 0. The van der Waals surface area contributed by atoms with E-state index < -0.39 is 17.9 Å². The standard InChI is InChI=1S/C19H18ClNO3/c1-14(21-18(22)16-11-5-6-12-17(16)20)19(23)24-13-7-10-15-8-3-2-4-9-15/h2-12,14H,13H2,1H3,(H,21,22). The van der Waals surface area contributed by atoms with Gasteiger partial charge in [0.05, 0.1) is 10.6 Å². The van der Waals surface area contributed by atoms with Gasteiger partial charge in [0.25, 0.3) is 5.91 Å². The molecule has 0 heterocycles. The van der Waals surface area contributed by atoms with Crippen molar-refractivity contribution in [3.05, 3.63) is 76.8 Å². The van der Waals surface area contributed by atoms with Crippen molar-refractivity contribution < 1.29 is 14.3 Å². The van der Waals surface area contributed by atoms with Crippen LogP contribution in [0.15, 0.2) is 60.7 Å². The fourth-order valence-corrected chi connectivity index (χ4v) is 2.20. The number of carbonyl (C=O) groups is 2. The molecule has 0 radical (unpaired) electrons. The normalized spacial score (nSPS) is 11.9. The van der Waals surface area contributed by atoms with Crippen LogP contribution >= 0.6 is 11.6 Å². The van der Waals surface area contributed by atoms with Crippen molar-refractivity contribution in [1.82, 2.24) is 5.32 Å². The van der Waals surface area contributed by atoms with Crippen molar-refractivity contribution >= 4 is 29.6 Å². The lowest BCUT2D eigenvalue weighted by atomic mass is 10.2. The monoisotopic (exact) mass is 343 g/mol. The molecule has 0 aromatic heterocycles. The van der Waals surface area contributed by atoms with Gasteiger partial charge in [0, 0.05) is 0 Å². The maximum absolute atomic E-state index is 12.1. The predicted octanol–water partition coefficient (Wildman–Crippen LogP) is 3.71. The van der Waals surface area contributed by atoms with Crippen LogP contribution in [0.1, 0.15) is 22.8 Å². The first-order valence-corrected chi connectivity index (χ1v) is 7.89. The summed E-state index contributed by atoms with van der Waals surface area (Å²) in [6.07, 6.45) is 3.61. The van der Waals surface area contributed by atoms with E-state index in [0.29, 0.717) is 10.6 Å². The summed E-state index contributed by atoms with van der Waals surface area (Å²) < 4.78 is 5.12. The van der Waals surface area contributed by atoms with Gasteiger partial charge in [-0.15, -0.1) is 0 Å². The van der Waals surface area contributed by atoms with Crippen LogP contribution in [0, 0.1) is 0 Å². The highest BCUT2D eigenvalue weighted by Gasteiger charge is 2.18. The van der Waals surface area contributed by atoms with E-state index in [0.717, 1.165) is 5.56 Å². The van der Waals surface area contributed by atoms with Crippen molar-refractivity contribution in [2.75, 3.05) is 6.61 Å². The number of amides is 1. The first kappa shape index (κ1) is 17.8. The average molecular weight is 344 g/mol. The lowest BCUT2D eigenvalue weighted by Crippen LogP contribution is -2.39. The number of hydrogen-bond donors (Lipinski definition) is 1. The van der Waals surface area contributed by atoms with Crippen molar-refractivity contribution in [1.29, 1.82) is 0 Å². The predicted molar refractivity (Wildman–Crippen MR) is 94.8 cm³/mol. The van der Waals surface area contributed by atoms with Crippen molar-refractivity contribution in [2.24, 2.45) is 0 Å². The molecule has 1 atom stereocenters. The number of hydrogen-bond acceptors (Lipinski definition) is 3. The highest BCUT2D eigenvalue weighted by molar-refractivity contribution is 6.33. The van der Waals surface area contributed by atoms with E-state index in [2.05, 4.69) is 5.32 Å². The van der Waals surface area contributed by atoms with Crippen LogP contribution in [-0.4, -0.2) is 24.5 Å². The molecule has 0 aliphatic heterocycles. The first-order chi connectivity index (χ1) is 11.6. The maximum atomic E-state index is 12.1. The Morgan fingerprint density at radius 2 is 1.79 bits per heavy atom. The van der Waals surface area contributed by atoms with E-state index in [1.807, 2.05) is 36.4 Å². The minimum Gasteiger partial charge on any atom is -0.460 e. The third-order valence-electron chi connectivity index (χ3n) is 3.25. The summed E-state index contributed by atoms with van der Waals surface area (Å²) in [5, 5.41) is 2.91. The number of halogens is 1. The summed E-state index contributed by atoms with van der Waals surface area (Å²) in [6, 6.07) is 15.6. The van der Waals surface area contributed by atoms with Gasteiger partial charge in [-0.05, 0) is 30.7 Å². The Labute approximate surface area is 146 Å². The third kappa shape index (κ3) is 5.25. The van der Waals surface area contributed by atoms with Crippen LogP contribution in [-0.2, 0) is 9.53 Å². The zero-order valence-corrected chi connectivity index (χ0v) is 14.0. The molecule has 1 amide bonds. The molecule has 0 saturated heterocycles. The van der Waals surface area contributed by atoms with E-state index in [9.17, 15) is 9.59 Å². The van der Waals surface area contributed by atoms with Crippen LogP contribution in [0.2, 0.25) is 5.02 Å². The van der Waals surface area contributed by atoms with E-state index in [1.54, 1.807) is 37.3 Å². The first-order valence-electron chi connectivity index (χ1n) is 7.51. The van der Waals surface area contributed by atoms with Crippen molar-refractivity contribution in [3.63, 3.8) is 0 Å². The number of carbonyl (C=O) groups excluding carboxylic acids is 2. The Morgan fingerprint density at radius 3 is 2.50 bits per heavy atom. The van der Waals surface area contributed by atoms with Gasteiger partial charge in [0.2, 0.25) is 0 Å². The summed E-state index contributed by atoms with van der Waals surface area (Å²) in [6.45, 7) is 1.71. The highest BCUT2D eigenvalue weighted by Crippen LogP contribution is 2.14. The Bertz CT molecular complexity index is 728. The summed E-state index contributed by atoms with van der Waals surface area (Å²) >= 11 is 5.96. The van der Waals surface area contributed by atoms with Gasteiger partial charge in [0.15, 0.2) is 0 Å². The lowest BCUT2D eigenvalue weighted by molar-refractivity contribution is -0.144. The van der Waals surface area contributed by atoms with Gasteiger partial charge in [-0.1, -0.05) is 60.1 Å². The molecule has 4 nitrogen and oxygen atoms in total. The van der Waals surface area contributed by atoms with Crippen LogP contribution < -0.4 is 5.32 Å². The molecule has 124 valence electrons. The fourth-order valence-electron chi connectivity index (χ4n) is 1.98. The molecule has 1 unspecified atom stereocenters. The van der Waals surface area contributed by atoms with E-state index >= 15 is 0 Å².